The lowest BCUT2D eigenvalue weighted by molar-refractivity contribution is -0.170. The Labute approximate surface area is 152 Å². The first-order chi connectivity index (χ1) is 12.3. The molecule has 26 heavy (non-hydrogen) atoms. The van der Waals surface area contributed by atoms with Gasteiger partial charge < -0.3 is 19.3 Å². The van der Waals surface area contributed by atoms with Crippen LogP contribution in [0.5, 0.6) is 5.75 Å². The van der Waals surface area contributed by atoms with E-state index in [2.05, 4.69) is 0 Å². The molecular weight excluding hydrogens is 340 g/mol. The van der Waals surface area contributed by atoms with Crippen LogP contribution < -0.4 is 4.74 Å². The SMILES string of the molecule is CCOc1ccc([C@H]2[C@H](C(=O)OC)C(=O)C[C@@](C)(O)[C@H]2C(=O)OC)cc1. The minimum atomic E-state index is -1.64. The number of aliphatic hydroxyl groups is 1. The Balaban J connectivity index is 2.57. The lowest BCUT2D eigenvalue weighted by Gasteiger charge is -2.43. The first kappa shape index (κ1) is 19.9. The van der Waals surface area contributed by atoms with Crippen LogP contribution in [0.3, 0.4) is 0 Å². The normalized spacial score (nSPS) is 28.3. The average molecular weight is 364 g/mol. The molecule has 142 valence electrons. The second kappa shape index (κ2) is 7.86. The van der Waals surface area contributed by atoms with Crippen LogP contribution in [0.15, 0.2) is 24.3 Å². The molecule has 7 heteroatoms. The smallest absolute Gasteiger partial charge is 0.316 e. The van der Waals surface area contributed by atoms with Gasteiger partial charge >= 0.3 is 11.9 Å². The van der Waals surface area contributed by atoms with Crippen molar-refractivity contribution in [2.24, 2.45) is 11.8 Å². The van der Waals surface area contributed by atoms with Crippen molar-refractivity contribution in [2.45, 2.75) is 31.8 Å². The molecule has 0 spiro atoms. The van der Waals surface area contributed by atoms with Crippen LogP contribution in [0.1, 0.15) is 31.7 Å². The van der Waals surface area contributed by atoms with Crippen LogP contribution in [-0.2, 0) is 23.9 Å². The summed E-state index contributed by atoms with van der Waals surface area (Å²) in [6, 6.07) is 6.73. The summed E-state index contributed by atoms with van der Waals surface area (Å²) in [5, 5.41) is 10.8. The molecule has 1 aliphatic carbocycles. The topological polar surface area (TPSA) is 99.1 Å². The number of esters is 2. The second-order valence-electron chi connectivity index (χ2n) is 6.53. The number of hydrogen-bond donors (Lipinski definition) is 1. The highest BCUT2D eigenvalue weighted by atomic mass is 16.5. The average Bonchev–Trinajstić information content (AvgIpc) is 2.60. The van der Waals surface area contributed by atoms with E-state index in [0.29, 0.717) is 17.9 Å². The van der Waals surface area contributed by atoms with Crippen LogP contribution in [-0.4, -0.2) is 49.3 Å². The number of Topliss-reactive ketones (excluding diaryl/α,β-unsaturated/α-hetero) is 1. The van der Waals surface area contributed by atoms with E-state index in [-0.39, 0.29) is 6.42 Å². The lowest BCUT2D eigenvalue weighted by Crippen LogP contribution is -2.55. The maximum Gasteiger partial charge on any atom is 0.316 e. The molecule has 7 nitrogen and oxygen atoms in total. The van der Waals surface area contributed by atoms with Crippen LogP contribution in [0.25, 0.3) is 0 Å². The van der Waals surface area contributed by atoms with E-state index in [9.17, 15) is 19.5 Å². The van der Waals surface area contributed by atoms with Crippen molar-refractivity contribution < 1.29 is 33.7 Å². The summed E-state index contributed by atoms with van der Waals surface area (Å²) in [5.74, 6) is -4.46. The van der Waals surface area contributed by atoms with E-state index in [0.717, 1.165) is 0 Å². The maximum atomic E-state index is 12.6. The number of ketones is 1. The largest absolute Gasteiger partial charge is 0.494 e. The molecule has 4 atom stereocenters. The van der Waals surface area contributed by atoms with Gasteiger partial charge in [0.25, 0.3) is 0 Å². The van der Waals surface area contributed by atoms with Crippen molar-refractivity contribution in [2.75, 3.05) is 20.8 Å². The van der Waals surface area contributed by atoms with Crippen LogP contribution in [0.2, 0.25) is 0 Å². The summed E-state index contributed by atoms with van der Waals surface area (Å²) in [6.07, 6.45) is -0.333. The zero-order valence-electron chi connectivity index (χ0n) is 15.4. The van der Waals surface area contributed by atoms with Crippen molar-refractivity contribution >= 4 is 17.7 Å². The third kappa shape index (κ3) is 3.72. The fourth-order valence-corrected chi connectivity index (χ4v) is 3.62. The highest BCUT2D eigenvalue weighted by Gasteiger charge is 2.56. The summed E-state index contributed by atoms with van der Waals surface area (Å²) in [4.78, 5) is 37.3. The zero-order chi connectivity index (χ0) is 19.5. The number of carbonyl (C=O) groups is 3. The van der Waals surface area contributed by atoms with E-state index < -0.39 is 41.1 Å². The van der Waals surface area contributed by atoms with E-state index >= 15 is 0 Å². The second-order valence-corrected chi connectivity index (χ2v) is 6.53. The van der Waals surface area contributed by atoms with Crippen molar-refractivity contribution in [3.63, 3.8) is 0 Å². The van der Waals surface area contributed by atoms with Crippen LogP contribution in [0.4, 0.5) is 0 Å². The zero-order valence-corrected chi connectivity index (χ0v) is 15.4. The van der Waals surface area contributed by atoms with Gasteiger partial charge in [0.05, 0.1) is 32.3 Å². The molecule has 1 aromatic carbocycles. The van der Waals surface area contributed by atoms with E-state index in [1.165, 1.54) is 21.1 Å². The Morgan fingerprint density at radius 1 is 1.15 bits per heavy atom. The van der Waals surface area contributed by atoms with Crippen molar-refractivity contribution in [1.82, 2.24) is 0 Å². The van der Waals surface area contributed by atoms with Crippen molar-refractivity contribution in [3.05, 3.63) is 29.8 Å². The van der Waals surface area contributed by atoms with Gasteiger partial charge in [-0.25, -0.2) is 0 Å². The minimum Gasteiger partial charge on any atom is -0.494 e. The molecular formula is C19H24O7. The maximum absolute atomic E-state index is 12.6. The molecule has 1 fully saturated rings. The Bertz CT molecular complexity index is 678. The van der Waals surface area contributed by atoms with Crippen LogP contribution >= 0.6 is 0 Å². The van der Waals surface area contributed by atoms with Crippen molar-refractivity contribution in [1.29, 1.82) is 0 Å². The molecule has 0 aromatic heterocycles. The molecule has 1 aromatic rings. The molecule has 0 heterocycles. The number of benzene rings is 1. The van der Waals surface area contributed by atoms with Gasteiger partial charge in [0, 0.05) is 12.3 Å². The fourth-order valence-electron chi connectivity index (χ4n) is 3.62. The van der Waals surface area contributed by atoms with E-state index in [1.54, 1.807) is 24.3 Å². The fraction of sp³-hybridized carbons (Fsp3) is 0.526. The Morgan fingerprint density at radius 3 is 2.23 bits per heavy atom. The molecule has 0 bridgehead atoms. The molecule has 0 unspecified atom stereocenters. The predicted molar refractivity (Wildman–Crippen MR) is 91.6 cm³/mol. The number of hydrogen-bond acceptors (Lipinski definition) is 7. The molecule has 1 aliphatic rings. The molecule has 0 amide bonds. The highest BCUT2D eigenvalue weighted by molar-refractivity contribution is 6.02. The number of rotatable bonds is 5. The summed E-state index contributed by atoms with van der Waals surface area (Å²) < 4.78 is 15.0. The Kier molecular flexibility index (Phi) is 6.02. The number of methoxy groups -OCH3 is 2. The quantitative estimate of drug-likeness (QED) is 0.624. The number of ether oxygens (including phenoxy) is 3. The van der Waals surface area contributed by atoms with Crippen molar-refractivity contribution in [3.8, 4) is 5.75 Å². The van der Waals surface area contributed by atoms with Gasteiger partial charge in [0.2, 0.25) is 0 Å². The van der Waals surface area contributed by atoms with E-state index in [4.69, 9.17) is 14.2 Å². The predicted octanol–water partition coefficient (Wildman–Crippen LogP) is 1.47. The molecule has 1 saturated carbocycles. The van der Waals surface area contributed by atoms with Gasteiger partial charge in [-0.1, -0.05) is 12.1 Å². The molecule has 0 aliphatic heterocycles. The van der Waals surface area contributed by atoms with Gasteiger partial charge in [-0.2, -0.15) is 0 Å². The number of carbonyl (C=O) groups excluding carboxylic acids is 3. The third-order valence-corrected chi connectivity index (χ3v) is 4.75. The summed E-state index contributed by atoms with van der Waals surface area (Å²) >= 11 is 0. The monoisotopic (exact) mass is 364 g/mol. The highest BCUT2D eigenvalue weighted by Crippen LogP contribution is 2.46. The van der Waals surface area contributed by atoms with Gasteiger partial charge in [-0.05, 0) is 31.5 Å². The first-order valence-electron chi connectivity index (χ1n) is 8.40. The summed E-state index contributed by atoms with van der Waals surface area (Å²) in [5.41, 5.74) is -1.09. The van der Waals surface area contributed by atoms with Gasteiger partial charge in [-0.15, -0.1) is 0 Å². The van der Waals surface area contributed by atoms with Crippen LogP contribution in [0, 0.1) is 11.8 Å². The third-order valence-electron chi connectivity index (χ3n) is 4.75. The van der Waals surface area contributed by atoms with Gasteiger partial charge in [0.1, 0.15) is 11.7 Å². The minimum absolute atomic E-state index is 0.333. The molecule has 0 radical (unpaired) electrons. The van der Waals surface area contributed by atoms with Gasteiger partial charge in [0.15, 0.2) is 5.78 Å². The standard InChI is InChI=1S/C19H24O7/c1-5-26-12-8-6-11(7-9-12)14-15(17(21)24-3)13(20)10-19(2,23)16(14)18(22)25-4/h6-9,14-16,23H,5,10H2,1-4H3/t14-,15+,16+,19+/m0/s1. The molecule has 1 N–H and O–H groups in total. The summed E-state index contributed by atoms with van der Waals surface area (Å²) in [6.45, 7) is 3.75. The lowest BCUT2D eigenvalue weighted by atomic mass is 9.62. The summed E-state index contributed by atoms with van der Waals surface area (Å²) in [7, 11) is 2.39. The van der Waals surface area contributed by atoms with E-state index in [1.807, 2.05) is 6.92 Å². The van der Waals surface area contributed by atoms with Gasteiger partial charge in [-0.3, -0.25) is 14.4 Å². The first-order valence-corrected chi connectivity index (χ1v) is 8.40. The molecule has 2 rings (SSSR count). The molecule has 0 saturated heterocycles. The Hall–Kier alpha value is -2.41. The Morgan fingerprint density at radius 2 is 1.73 bits per heavy atom.